The molecular formula is C19H22N2O3. The molecule has 1 aromatic carbocycles. The summed E-state index contributed by atoms with van der Waals surface area (Å²) in [5.41, 5.74) is 3.55. The Morgan fingerprint density at radius 1 is 1.25 bits per heavy atom. The standard InChI is InChI=1S/C19H22N2O3/c22-18(12-5-7-13(8-6-12)19(23)24)9-16-14-3-1-2-4-15(14)17-10-20-11-21(16)17/h1-4,10-13,16,18,22H,5-9H2,(H,23,24). The normalized spacial score (nSPS) is 26.6. The lowest BCUT2D eigenvalue weighted by Gasteiger charge is -2.31. The van der Waals surface area contributed by atoms with Gasteiger partial charge in [-0.05, 0) is 43.6 Å². The van der Waals surface area contributed by atoms with Gasteiger partial charge in [0.1, 0.15) is 0 Å². The monoisotopic (exact) mass is 326 g/mol. The van der Waals surface area contributed by atoms with Gasteiger partial charge in [0.2, 0.25) is 0 Å². The molecule has 2 heterocycles. The summed E-state index contributed by atoms with van der Waals surface area (Å²) in [5.74, 6) is -0.739. The van der Waals surface area contributed by atoms with Crippen molar-refractivity contribution in [3.8, 4) is 11.3 Å². The van der Waals surface area contributed by atoms with Crippen LogP contribution < -0.4 is 0 Å². The molecule has 126 valence electrons. The van der Waals surface area contributed by atoms with Gasteiger partial charge in [0.05, 0.1) is 36.3 Å². The number of aliphatic hydroxyl groups excluding tert-OH is 1. The summed E-state index contributed by atoms with van der Waals surface area (Å²) in [6.45, 7) is 0. The minimum Gasteiger partial charge on any atom is -0.481 e. The minimum atomic E-state index is -0.698. The maximum atomic E-state index is 11.1. The summed E-state index contributed by atoms with van der Waals surface area (Å²) >= 11 is 0. The molecule has 0 radical (unpaired) electrons. The fourth-order valence-corrected chi connectivity index (χ4v) is 4.34. The topological polar surface area (TPSA) is 75.3 Å². The van der Waals surface area contributed by atoms with Crippen LogP contribution in [0.1, 0.15) is 43.7 Å². The highest BCUT2D eigenvalue weighted by Gasteiger charge is 2.34. The van der Waals surface area contributed by atoms with Crippen molar-refractivity contribution in [2.24, 2.45) is 11.8 Å². The van der Waals surface area contributed by atoms with Crippen LogP contribution in [-0.4, -0.2) is 31.8 Å². The second-order valence-electron chi connectivity index (χ2n) is 7.04. The Kier molecular flexibility index (Phi) is 3.88. The number of benzene rings is 1. The fraction of sp³-hybridized carbons (Fsp3) is 0.474. The Labute approximate surface area is 141 Å². The number of carbonyl (C=O) groups is 1. The quantitative estimate of drug-likeness (QED) is 0.905. The van der Waals surface area contributed by atoms with Crippen molar-refractivity contribution in [2.45, 2.75) is 44.2 Å². The number of aromatic nitrogens is 2. The molecule has 1 aliphatic heterocycles. The molecule has 1 aliphatic carbocycles. The zero-order chi connectivity index (χ0) is 16.7. The van der Waals surface area contributed by atoms with E-state index in [0.717, 1.165) is 18.5 Å². The predicted molar refractivity (Wildman–Crippen MR) is 89.5 cm³/mol. The largest absolute Gasteiger partial charge is 0.481 e. The van der Waals surface area contributed by atoms with Crippen LogP contribution in [0.4, 0.5) is 0 Å². The lowest BCUT2D eigenvalue weighted by Crippen LogP contribution is -2.30. The van der Waals surface area contributed by atoms with E-state index < -0.39 is 12.1 Å². The van der Waals surface area contributed by atoms with Crippen LogP contribution in [0.3, 0.4) is 0 Å². The van der Waals surface area contributed by atoms with Gasteiger partial charge in [-0.3, -0.25) is 4.79 Å². The first-order valence-corrected chi connectivity index (χ1v) is 8.67. The van der Waals surface area contributed by atoms with Crippen LogP contribution in [0.5, 0.6) is 0 Å². The Morgan fingerprint density at radius 2 is 2.00 bits per heavy atom. The Bertz CT molecular complexity index is 747. The number of fused-ring (bicyclic) bond motifs is 3. The Morgan fingerprint density at radius 3 is 2.75 bits per heavy atom. The van der Waals surface area contributed by atoms with Crippen molar-refractivity contribution >= 4 is 5.97 Å². The SMILES string of the molecule is O=C(O)C1CCC(C(O)CC2c3ccccc3-c3cncn32)CC1. The number of hydrogen-bond acceptors (Lipinski definition) is 3. The Hall–Kier alpha value is -2.14. The third-order valence-corrected chi connectivity index (χ3v) is 5.73. The molecule has 1 fully saturated rings. The van der Waals surface area contributed by atoms with E-state index in [-0.39, 0.29) is 17.9 Å². The number of carboxylic acid groups (broad SMARTS) is 1. The van der Waals surface area contributed by atoms with Crippen molar-refractivity contribution in [3.05, 3.63) is 42.4 Å². The first-order chi connectivity index (χ1) is 11.6. The third-order valence-electron chi connectivity index (χ3n) is 5.73. The van der Waals surface area contributed by atoms with Crippen molar-refractivity contribution in [1.29, 1.82) is 0 Å². The van der Waals surface area contributed by atoms with Crippen molar-refractivity contribution in [3.63, 3.8) is 0 Å². The van der Waals surface area contributed by atoms with E-state index in [9.17, 15) is 9.90 Å². The van der Waals surface area contributed by atoms with Gasteiger partial charge >= 0.3 is 5.97 Å². The van der Waals surface area contributed by atoms with Gasteiger partial charge in [0.25, 0.3) is 0 Å². The van der Waals surface area contributed by atoms with Gasteiger partial charge in [-0.25, -0.2) is 4.98 Å². The minimum absolute atomic E-state index is 0.117. The maximum Gasteiger partial charge on any atom is 0.306 e. The van der Waals surface area contributed by atoms with E-state index >= 15 is 0 Å². The van der Waals surface area contributed by atoms with E-state index in [1.54, 1.807) is 0 Å². The molecule has 5 nitrogen and oxygen atoms in total. The molecule has 1 aromatic heterocycles. The van der Waals surface area contributed by atoms with Crippen LogP contribution in [0.25, 0.3) is 11.3 Å². The van der Waals surface area contributed by atoms with E-state index in [0.29, 0.717) is 19.3 Å². The number of rotatable bonds is 4. The lowest BCUT2D eigenvalue weighted by atomic mass is 9.78. The summed E-state index contributed by atoms with van der Waals surface area (Å²) in [6.07, 6.45) is 6.90. The zero-order valence-electron chi connectivity index (χ0n) is 13.5. The highest BCUT2D eigenvalue weighted by molar-refractivity contribution is 5.70. The summed E-state index contributed by atoms with van der Waals surface area (Å²) in [6, 6.07) is 8.41. The molecule has 2 aliphatic rings. The van der Waals surface area contributed by atoms with Crippen LogP contribution in [-0.2, 0) is 4.79 Å². The van der Waals surface area contributed by atoms with Gasteiger partial charge in [-0.15, -0.1) is 0 Å². The molecule has 4 rings (SSSR count). The molecular weight excluding hydrogens is 304 g/mol. The molecule has 0 spiro atoms. The molecule has 2 atom stereocenters. The average molecular weight is 326 g/mol. The second-order valence-corrected chi connectivity index (χ2v) is 7.04. The fourth-order valence-electron chi connectivity index (χ4n) is 4.34. The summed E-state index contributed by atoms with van der Waals surface area (Å²) in [4.78, 5) is 15.3. The number of aliphatic carboxylic acids is 1. The van der Waals surface area contributed by atoms with Crippen molar-refractivity contribution in [1.82, 2.24) is 9.55 Å². The van der Waals surface area contributed by atoms with Crippen molar-refractivity contribution in [2.75, 3.05) is 0 Å². The van der Waals surface area contributed by atoms with E-state index in [1.807, 2.05) is 24.7 Å². The van der Waals surface area contributed by atoms with Crippen molar-refractivity contribution < 1.29 is 15.0 Å². The van der Waals surface area contributed by atoms with Gasteiger partial charge in [0, 0.05) is 5.56 Å². The predicted octanol–water partition coefficient (Wildman–Crippen LogP) is 3.09. The van der Waals surface area contributed by atoms with Crippen LogP contribution in [0.15, 0.2) is 36.8 Å². The third kappa shape index (κ3) is 2.53. The molecule has 2 unspecified atom stereocenters. The van der Waals surface area contributed by atoms with Gasteiger partial charge in [-0.1, -0.05) is 24.3 Å². The van der Waals surface area contributed by atoms with E-state index in [4.69, 9.17) is 5.11 Å². The Balaban J connectivity index is 1.49. The molecule has 0 bridgehead atoms. The summed E-state index contributed by atoms with van der Waals surface area (Å²) < 4.78 is 2.15. The molecule has 5 heteroatoms. The number of hydrogen-bond donors (Lipinski definition) is 2. The maximum absolute atomic E-state index is 11.1. The molecule has 0 amide bonds. The smallest absolute Gasteiger partial charge is 0.306 e. The number of imidazole rings is 1. The highest BCUT2D eigenvalue weighted by Crippen LogP contribution is 2.43. The number of carboxylic acids is 1. The van der Waals surface area contributed by atoms with Gasteiger partial charge in [0.15, 0.2) is 0 Å². The highest BCUT2D eigenvalue weighted by atomic mass is 16.4. The van der Waals surface area contributed by atoms with Gasteiger partial charge in [-0.2, -0.15) is 0 Å². The summed E-state index contributed by atoms with van der Waals surface area (Å²) in [7, 11) is 0. The van der Waals surface area contributed by atoms with E-state index in [2.05, 4.69) is 21.7 Å². The molecule has 2 N–H and O–H groups in total. The molecule has 1 saturated carbocycles. The number of nitrogens with zero attached hydrogens (tertiary/aromatic N) is 2. The van der Waals surface area contributed by atoms with Crippen LogP contribution in [0.2, 0.25) is 0 Å². The van der Waals surface area contributed by atoms with Gasteiger partial charge < -0.3 is 14.8 Å². The lowest BCUT2D eigenvalue weighted by molar-refractivity contribution is -0.143. The second kappa shape index (κ2) is 6.06. The summed E-state index contributed by atoms with van der Waals surface area (Å²) in [5, 5.41) is 19.9. The van der Waals surface area contributed by atoms with E-state index in [1.165, 1.54) is 11.1 Å². The average Bonchev–Trinajstić information content (AvgIpc) is 3.18. The zero-order valence-corrected chi connectivity index (χ0v) is 13.5. The first-order valence-electron chi connectivity index (χ1n) is 8.67. The number of aliphatic hydroxyl groups is 1. The van der Waals surface area contributed by atoms with Crippen LogP contribution in [0, 0.1) is 11.8 Å². The molecule has 2 aromatic rings. The molecule has 0 saturated heterocycles. The first kappa shape index (κ1) is 15.4. The van der Waals surface area contributed by atoms with Crippen LogP contribution >= 0.6 is 0 Å². The molecule has 24 heavy (non-hydrogen) atoms.